The fourth-order valence-corrected chi connectivity index (χ4v) is 1.58. The van der Waals surface area contributed by atoms with Gasteiger partial charge < -0.3 is 10.0 Å². The number of likely N-dealkylation sites (tertiary alicyclic amines) is 1. The summed E-state index contributed by atoms with van der Waals surface area (Å²) in [6.07, 6.45) is 2.44. The van der Waals surface area contributed by atoms with Gasteiger partial charge in [0.15, 0.2) is 0 Å². The molecule has 0 aromatic rings. The van der Waals surface area contributed by atoms with E-state index in [9.17, 15) is 0 Å². The molecule has 1 N–H and O–H groups in total. The van der Waals surface area contributed by atoms with E-state index < -0.39 is 0 Å². The van der Waals surface area contributed by atoms with Gasteiger partial charge in [-0.25, -0.2) is 0 Å². The van der Waals surface area contributed by atoms with Crippen LogP contribution in [0.4, 0.5) is 0 Å². The van der Waals surface area contributed by atoms with Crippen molar-refractivity contribution in [2.75, 3.05) is 20.2 Å². The summed E-state index contributed by atoms with van der Waals surface area (Å²) in [5.41, 5.74) is 0. The minimum atomic E-state index is 0.320. The molecule has 2 atom stereocenters. The summed E-state index contributed by atoms with van der Waals surface area (Å²) in [5, 5.41) is 8.94. The number of aliphatic hydroxyl groups is 1. The van der Waals surface area contributed by atoms with Crippen molar-refractivity contribution in [2.24, 2.45) is 5.92 Å². The smallest absolute Gasteiger partial charge is 0.0586 e. The van der Waals surface area contributed by atoms with E-state index in [-0.39, 0.29) is 0 Å². The van der Waals surface area contributed by atoms with E-state index >= 15 is 0 Å². The van der Waals surface area contributed by atoms with Gasteiger partial charge in [0.2, 0.25) is 0 Å². The normalized spacial score (nSPS) is 36.3. The molecule has 0 radical (unpaired) electrons. The Hall–Kier alpha value is -0.0800. The third-order valence-corrected chi connectivity index (χ3v) is 2.48. The topological polar surface area (TPSA) is 23.5 Å². The monoisotopic (exact) mass is 143 g/mol. The summed E-state index contributed by atoms with van der Waals surface area (Å²) in [5.74, 6) is 0.799. The van der Waals surface area contributed by atoms with Gasteiger partial charge in [-0.2, -0.15) is 0 Å². The zero-order chi connectivity index (χ0) is 7.56. The molecule has 1 saturated heterocycles. The highest BCUT2D eigenvalue weighted by Gasteiger charge is 2.21. The average Bonchev–Trinajstić information content (AvgIpc) is 1.94. The van der Waals surface area contributed by atoms with Crippen molar-refractivity contribution in [1.29, 1.82) is 0 Å². The fourth-order valence-electron chi connectivity index (χ4n) is 1.58. The highest BCUT2D eigenvalue weighted by Crippen LogP contribution is 2.20. The first kappa shape index (κ1) is 8.02. The number of rotatable bonds is 1. The molecule has 1 rings (SSSR count). The summed E-state index contributed by atoms with van der Waals surface area (Å²) in [4.78, 5) is 2.25. The molecule has 0 aromatic carbocycles. The van der Waals surface area contributed by atoms with Crippen LogP contribution in [0.15, 0.2) is 0 Å². The van der Waals surface area contributed by atoms with Crippen molar-refractivity contribution in [1.82, 2.24) is 4.90 Å². The van der Waals surface area contributed by atoms with Crippen LogP contribution in [0.25, 0.3) is 0 Å². The van der Waals surface area contributed by atoms with Crippen LogP contribution in [-0.2, 0) is 0 Å². The third-order valence-electron chi connectivity index (χ3n) is 2.48. The van der Waals surface area contributed by atoms with Crippen molar-refractivity contribution in [3.05, 3.63) is 0 Å². The van der Waals surface area contributed by atoms with Gasteiger partial charge in [-0.3, -0.25) is 0 Å². The van der Waals surface area contributed by atoms with E-state index in [2.05, 4.69) is 18.9 Å². The molecule has 0 amide bonds. The SMILES string of the molecule is CC1CCN(C)C(CO)C1. The molecule has 60 valence electrons. The van der Waals surface area contributed by atoms with E-state index in [1.165, 1.54) is 6.42 Å². The maximum Gasteiger partial charge on any atom is 0.0586 e. The molecule has 10 heavy (non-hydrogen) atoms. The lowest BCUT2D eigenvalue weighted by Gasteiger charge is -2.34. The summed E-state index contributed by atoms with van der Waals surface area (Å²) in [7, 11) is 2.09. The molecule has 0 aromatic heterocycles. The molecule has 2 unspecified atom stereocenters. The highest BCUT2D eigenvalue weighted by molar-refractivity contribution is 4.76. The van der Waals surface area contributed by atoms with E-state index in [4.69, 9.17) is 5.11 Å². The van der Waals surface area contributed by atoms with E-state index in [1.54, 1.807) is 0 Å². The summed E-state index contributed by atoms with van der Waals surface area (Å²) < 4.78 is 0. The second kappa shape index (κ2) is 3.35. The van der Waals surface area contributed by atoms with Crippen LogP contribution in [-0.4, -0.2) is 36.2 Å². The Balaban J connectivity index is 2.38. The van der Waals surface area contributed by atoms with Crippen LogP contribution in [0.1, 0.15) is 19.8 Å². The molecule has 1 heterocycles. The Morgan fingerprint density at radius 1 is 1.60 bits per heavy atom. The van der Waals surface area contributed by atoms with Gasteiger partial charge in [0.1, 0.15) is 0 Å². The lowest BCUT2D eigenvalue weighted by Crippen LogP contribution is -2.41. The van der Waals surface area contributed by atoms with Gasteiger partial charge in [-0.1, -0.05) is 6.92 Å². The summed E-state index contributed by atoms with van der Waals surface area (Å²) >= 11 is 0. The maximum absolute atomic E-state index is 8.94. The quantitative estimate of drug-likeness (QED) is 0.584. The Morgan fingerprint density at radius 2 is 2.30 bits per heavy atom. The van der Waals surface area contributed by atoms with Crippen LogP contribution in [0.2, 0.25) is 0 Å². The zero-order valence-corrected chi connectivity index (χ0v) is 6.88. The summed E-state index contributed by atoms with van der Waals surface area (Å²) in [6, 6.07) is 0.420. The van der Waals surface area contributed by atoms with Gasteiger partial charge >= 0.3 is 0 Å². The lowest BCUT2D eigenvalue weighted by atomic mass is 9.93. The first-order valence-corrected chi connectivity index (χ1v) is 4.05. The number of nitrogens with zero attached hydrogens (tertiary/aromatic N) is 1. The minimum absolute atomic E-state index is 0.320. The number of likely N-dealkylation sites (N-methyl/N-ethyl adjacent to an activating group) is 1. The number of piperidine rings is 1. The molecule has 1 aliphatic heterocycles. The molecule has 0 spiro atoms. The first-order valence-electron chi connectivity index (χ1n) is 4.05. The van der Waals surface area contributed by atoms with Crippen LogP contribution < -0.4 is 0 Å². The van der Waals surface area contributed by atoms with Crippen LogP contribution in [0, 0.1) is 5.92 Å². The number of hydrogen-bond acceptors (Lipinski definition) is 2. The second-order valence-electron chi connectivity index (χ2n) is 3.45. The number of hydrogen-bond donors (Lipinski definition) is 1. The van der Waals surface area contributed by atoms with Gasteiger partial charge in [-0.05, 0) is 32.4 Å². The van der Waals surface area contributed by atoms with Crippen molar-refractivity contribution >= 4 is 0 Å². The van der Waals surface area contributed by atoms with Crippen molar-refractivity contribution < 1.29 is 5.11 Å². The van der Waals surface area contributed by atoms with Crippen molar-refractivity contribution in [2.45, 2.75) is 25.8 Å². The summed E-state index contributed by atoms with van der Waals surface area (Å²) in [6.45, 7) is 3.73. The van der Waals surface area contributed by atoms with Gasteiger partial charge in [0, 0.05) is 6.04 Å². The van der Waals surface area contributed by atoms with Gasteiger partial charge in [-0.15, -0.1) is 0 Å². The zero-order valence-electron chi connectivity index (χ0n) is 6.88. The molecular weight excluding hydrogens is 126 g/mol. The Bertz CT molecular complexity index is 105. The van der Waals surface area contributed by atoms with Gasteiger partial charge in [0.05, 0.1) is 6.61 Å². The minimum Gasteiger partial charge on any atom is -0.395 e. The van der Waals surface area contributed by atoms with E-state index in [0.717, 1.165) is 18.9 Å². The molecular formula is C8H17NO. The van der Waals surface area contributed by atoms with Crippen LogP contribution in [0.5, 0.6) is 0 Å². The number of aliphatic hydroxyl groups excluding tert-OH is 1. The maximum atomic E-state index is 8.94. The highest BCUT2D eigenvalue weighted by atomic mass is 16.3. The molecule has 0 bridgehead atoms. The van der Waals surface area contributed by atoms with Crippen molar-refractivity contribution in [3.8, 4) is 0 Å². The molecule has 0 aliphatic carbocycles. The molecule has 2 nitrogen and oxygen atoms in total. The first-order chi connectivity index (χ1) is 4.74. The largest absolute Gasteiger partial charge is 0.395 e. The van der Waals surface area contributed by atoms with Gasteiger partial charge in [0.25, 0.3) is 0 Å². The predicted octanol–water partition coefficient (Wildman–Crippen LogP) is 0.709. The van der Waals surface area contributed by atoms with Crippen LogP contribution in [0.3, 0.4) is 0 Å². The van der Waals surface area contributed by atoms with Crippen molar-refractivity contribution in [3.63, 3.8) is 0 Å². The standard InChI is InChI=1S/C8H17NO/c1-7-3-4-9(2)8(5-7)6-10/h7-8,10H,3-6H2,1-2H3. The molecule has 1 fully saturated rings. The average molecular weight is 143 g/mol. The molecule has 1 aliphatic rings. The third kappa shape index (κ3) is 1.70. The Labute approximate surface area is 62.8 Å². The van der Waals surface area contributed by atoms with E-state index in [1.807, 2.05) is 0 Å². The fraction of sp³-hybridized carbons (Fsp3) is 1.00. The Morgan fingerprint density at radius 3 is 2.80 bits per heavy atom. The van der Waals surface area contributed by atoms with E-state index in [0.29, 0.717) is 12.6 Å². The molecule has 2 heteroatoms. The Kier molecular flexibility index (Phi) is 2.69. The lowest BCUT2D eigenvalue weighted by molar-refractivity contribution is 0.0911. The predicted molar refractivity (Wildman–Crippen MR) is 41.9 cm³/mol. The van der Waals surface area contributed by atoms with Crippen LogP contribution >= 0.6 is 0 Å². The molecule has 0 saturated carbocycles. The second-order valence-corrected chi connectivity index (χ2v) is 3.45.